The van der Waals surface area contributed by atoms with Gasteiger partial charge in [-0.1, -0.05) is 109 Å². The first-order chi connectivity index (χ1) is 25.7. The van der Waals surface area contributed by atoms with E-state index in [2.05, 4.69) is 157 Å². The second-order valence-corrected chi connectivity index (χ2v) is 17.2. The maximum atomic E-state index is 2.63. The normalized spacial score (nSPS) is 23.8. The third-order valence-electron chi connectivity index (χ3n) is 13.6. The molecule has 0 N–H and O–H groups in total. The highest BCUT2D eigenvalue weighted by Gasteiger charge is 2.61. The minimum absolute atomic E-state index is 0.134. The highest BCUT2D eigenvalue weighted by atomic mass is 32.1. The van der Waals surface area contributed by atoms with Crippen LogP contribution in [-0.4, -0.2) is 0 Å². The summed E-state index contributed by atoms with van der Waals surface area (Å²) in [7, 11) is 0. The van der Waals surface area contributed by atoms with Crippen molar-refractivity contribution in [3.05, 3.63) is 163 Å². The van der Waals surface area contributed by atoms with Gasteiger partial charge in [-0.25, -0.2) is 0 Å². The maximum absolute atomic E-state index is 2.63. The van der Waals surface area contributed by atoms with Crippen molar-refractivity contribution in [2.24, 2.45) is 23.7 Å². The minimum atomic E-state index is 0.134. The van der Waals surface area contributed by atoms with Gasteiger partial charge in [-0.3, -0.25) is 0 Å². The molecule has 0 saturated heterocycles. The molecule has 0 amide bonds. The molecule has 0 unspecified atom stereocenters. The van der Waals surface area contributed by atoms with Crippen LogP contribution in [0.3, 0.4) is 0 Å². The fourth-order valence-corrected chi connectivity index (χ4v) is 13.0. The Labute approximate surface area is 309 Å². The second-order valence-electron chi connectivity index (χ2n) is 16.1. The Morgan fingerprint density at radius 3 is 1.96 bits per heavy atom. The van der Waals surface area contributed by atoms with E-state index in [1.54, 1.807) is 11.1 Å². The van der Waals surface area contributed by atoms with Gasteiger partial charge >= 0.3 is 0 Å². The van der Waals surface area contributed by atoms with Gasteiger partial charge in [0.25, 0.3) is 0 Å². The van der Waals surface area contributed by atoms with Crippen molar-refractivity contribution < 1.29 is 0 Å². The van der Waals surface area contributed by atoms with E-state index in [-0.39, 0.29) is 5.41 Å². The fraction of sp³-hybridized carbons (Fsp3) is 0.200. The van der Waals surface area contributed by atoms with Crippen LogP contribution in [0, 0.1) is 23.7 Å². The van der Waals surface area contributed by atoms with E-state index >= 15 is 0 Å². The Morgan fingerprint density at radius 2 is 1.12 bits per heavy atom. The smallest absolute Gasteiger partial charge is 0.0540 e. The Bertz CT molecular complexity index is 2680. The second kappa shape index (κ2) is 10.9. The lowest BCUT2D eigenvalue weighted by atomic mass is 9.43. The number of thiophene rings is 1. The van der Waals surface area contributed by atoms with Gasteiger partial charge in [0.1, 0.15) is 0 Å². The van der Waals surface area contributed by atoms with Crippen molar-refractivity contribution in [1.29, 1.82) is 0 Å². The van der Waals surface area contributed by atoms with Crippen LogP contribution in [-0.2, 0) is 5.41 Å². The summed E-state index contributed by atoms with van der Waals surface area (Å²) in [6.45, 7) is 0. The molecule has 5 aliphatic carbocycles. The molecule has 7 aromatic carbocycles. The van der Waals surface area contributed by atoms with Crippen LogP contribution in [0.1, 0.15) is 43.2 Å². The third kappa shape index (κ3) is 4.05. The number of fused-ring (bicyclic) bond motifs is 7. The predicted octanol–water partition coefficient (Wildman–Crippen LogP) is 14.1. The summed E-state index contributed by atoms with van der Waals surface area (Å²) in [4.78, 5) is 2.54. The van der Waals surface area contributed by atoms with Gasteiger partial charge in [-0.15, -0.1) is 11.3 Å². The molecule has 1 heterocycles. The average Bonchev–Trinajstić information content (AvgIpc) is 3.70. The number of nitrogens with zero attached hydrogens (tertiary/aromatic N) is 1. The van der Waals surface area contributed by atoms with Crippen LogP contribution in [0.25, 0.3) is 53.2 Å². The van der Waals surface area contributed by atoms with E-state index in [1.807, 2.05) is 11.3 Å². The van der Waals surface area contributed by atoms with E-state index in [0.29, 0.717) is 0 Å². The molecule has 2 heteroatoms. The molecule has 0 radical (unpaired) electrons. The summed E-state index contributed by atoms with van der Waals surface area (Å²) in [6.07, 6.45) is 7.06. The van der Waals surface area contributed by atoms with Crippen molar-refractivity contribution in [1.82, 2.24) is 0 Å². The van der Waals surface area contributed by atoms with Crippen LogP contribution >= 0.6 is 11.3 Å². The lowest BCUT2D eigenvalue weighted by Crippen LogP contribution is -2.55. The first-order valence-electron chi connectivity index (χ1n) is 19.3. The number of rotatable bonds is 4. The van der Waals surface area contributed by atoms with Crippen LogP contribution in [0.4, 0.5) is 17.1 Å². The zero-order chi connectivity index (χ0) is 34.0. The Morgan fingerprint density at radius 1 is 0.462 bits per heavy atom. The van der Waals surface area contributed by atoms with Gasteiger partial charge in [-0.2, -0.15) is 0 Å². The lowest BCUT2D eigenvalue weighted by molar-refractivity contribution is -0.0399. The van der Waals surface area contributed by atoms with E-state index in [9.17, 15) is 0 Å². The van der Waals surface area contributed by atoms with Gasteiger partial charge in [0, 0.05) is 42.3 Å². The molecular weight excluding hydrogens is 647 g/mol. The van der Waals surface area contributed by atoms with Gasteiger partial charge in [-0.05, 0) is 137 Å². The molecule has 4 fully saturated rings. The average molecular weight is 686 g/mol. The van der Waals surface area contributed by atoms with E-state index < -0.39 is 0 Å². The monoisotopic (exact) mass is 685 g/mol. The summed E-state index contributed by atoms with van der Waals surface area (Å²) in [5.41, 5.74) is 12.5. The largest absolute Gasteiger partial charge is 0.310 e. The zero-order valence-electron chi connectivity index (χ0n) is 29.1. The molecule has 1 nitrogen and oxygen atoms in total. The molecule has 52 heavy (non-hydrogen) atoms. The summed E-state index contributed by atoms with van der Waals surface area (Å²) in [5, 5.41) is 5.24. The number of benzene rings is 7. The maximum Gasteiger partial charge on any atom is 0.0540 e. The van der Waals surface area contributed by atoms with Gasteiger partial charge in [0.15, 0.2) is 0 Å². The van der Waals surface area contributed by atoms with Crippen molar-refractivity contribution >= 4 is 59.3 Å². The molecular formula is C50H39NS. The molecule has 4 saturated carbocycles. The minimum Gasteiger partial charge on any atom is -0.310 e. The molecule has 8 aromatic rings. The highest BCUT2D eigenvalue weighted by molar-refractivity contribution is 7.25. The van der Waals surface area contributed by atoms with Crippen molar-refractivity contribution in [3.8, 4) is 22.3 Å². The zero-order valence-corrected chi connectivity index (χ0v) is 30.0. The molecule has 250 valence electrons. The molecule has 13 rings (SSSR count). The van der Waals surface area contributed by atoms with Crippen LogP contribution in [0.2, 0.25) is 0 Å². The number of hydrogen-bond donors (Lipinski definition) is 0. The standard InChI is InChI=1S/C50H39NS/c1-2-10-40-34(8-1)9-7-14-47(40)51(38-19-16-33(17-20-38)35-18-22-44-43-12-4-6-15-48(43)52-49(44)29-35)39-21-23-42-41-11-3-5-13-45(41)50(46(42)30-39)36-25-31-24-32(27-36)28-37(50)26-31/h1-23,29-32,36-37H,24-28H2. The summed E-state index contributed by atoms with van der Waals surface area (Å²) < 4.78 is 2.70. The summed E-state index contributed by atoms with van der Waals surface area (Å²) in [5.74, 6) is 3.34. The molecule has 5 aliphatic rings. The van der Waals surface area contributed by atoms with Gasteiger partial charge < -0.3 is 4.90 Å². The van der Waals surface area contributed by atoms with Gasteiger partial charge in [0.05, 0.1) is 5.69 Å². The van der Waals surface area contributed by atoms with Crippen molar-refractivity contribution in [2.75, 3.05) is 4.90 Å². The predicted molar refractivity (Wildman–Crippen MR) is 220 cm³/mol. The Hall–Kier alpha value is -5.18. The van der Waals surface area contributed by atoms with Crippen LogP contribution in [0.15, 0.2) is 152 Å². The molecule has 0 atom stereocenters. The number of hydrogen-bond acceptors (Lipinski definition) is 2. The lowest BCUT2D eigenvalue weighted by Gasteiger charge is -2.61. The van der Waals surface area contributed by atoms with E-state index in [0.717, 1.165) is 23.7 Å². The van der Waals surface area contributed by atoms with Crippen LogP contribution < -0.4 is 4.90 Å². The first-order valence-corrected chi connectivity index (χ1v) is 20.1. The van der Waals surface area contributed by atoms with E-state index in [1.165, 1.54) is 102 Å². The Balaban J connectivity index is 1.02. The third-order valence-corrected chi connectivity index (χ3v) is 14.8. The molecule has 4 bridgehead atoms. The quantitative estimate of drug-likeness (QED) is 0.178. The summed E-state index contributed by atoms with van der Waals surface area (Å²) >= 11 is 1.89. The fourth-order valence-electron chi connectivity index (χ4n) is 11.8. The summed E-state index contributed by atoms with van der Waals surface area (Å²) in [6, 6.07) is 57.7. The van der Waals surface area contributed by atoms with Crippen molar-refractivity contribution in [2.45, 2.75) is 37.5 Å². The molecule has 0 aliphatic heterocycles. The molecule has 1 aromatic heterocycles. The highest BCUT2D eigenvalue weighted by Crippen LogP contribution is 2.69. The SMILES string of the molecule is c1ccc2c(c1)-c1ccc(N(c3ccc(-c4ccc5c(c4)sc4ccccc45)cc3)c3cccc4ccccc34)cc1C21C2CC3CC(C2)CC1C3. The molecule has 1 spiro atoms. The number of anilines is 3. The first kappa shape index (κ1) is 29.4. The van der Waals surface area contributed by atoms with Crippen LogP contribution in [0.5, 0.6) is 0 Å². The van der Waals surface area contributed by atoms with Gasteiger partial charge in [0.2, 0.25) is 0 Å². The Kier molecular flexibility index (Phi) is 6.17. The van der Waals surface area contributed by atoms with Crippen molar-refractivity contribution in [3.63, 3.8) is 0 Å². The van der Waals surface area contributed by atoms with E-state index in [4.69, 9.17) is 0 Å². The topological polar surface area (TPSA) is 3.24 Å².